The van der Waals surface area contributed by atoms with Crippen LogP contribution in [-0.4, -0.2) is 83.2 Å². The molecule has 1 aromatic carbocycles. The first kappa shape index (κ1) is 27.1. The molecule has 1 N–H and O–H groups in total. The number of hydrogen-bond donors (Lipinski definition) is 1. The summed E-state index contributed by atoms with van der Waals surface area (Å²) in [6, 6.07) is 4.93. The van der Waals surface area contributed by atoms with Gasteiger partial charge in [0.25, 0.3) is 5.91 Å². The zero-order valence-corrected chi connectivity index (χ0v) is 22.6. The van der Waals surface area contributed by atoms with Gasteiger partial charge in [0, 0.05) is 32.4 Å². The van der Waals surface area contributed by atoms with Crippen LogP contribution in [0, 0.1) is 31.6 Å². The van der Waals surface area contributed by atoms with E-state index in [0.717, 1.165) is 16.8 Å². The Morgan fingerprint density at radius 2 is 1.89 bits per heavy atom. The summed E-state index contributed by atoms with van der Waals surface area (Å²) in [7, 11) is 1.69. The quantitative estimate of drug-likeness (QED) is 0.517. The maximum absolute atomic E-state index is 14.5. The van der Waals surface area contributed by atoms with Crippen LogP contribution in [0.1, 0.15) is 31.4 Å². The molecule has 8 heteroatoms. The molecule has 0 aromatic heterocycles. The van der Waals surface area contributed by atoms with Gasteiger partial charge in [0.15, 0.2) is 0 Å². The van der Waals surface area contributed by atoms with Crippen molar-refractivity contribution in [1.82, 2.24) is 9.80 Å². The molecule has 0 saturated carbocycles. The van der Waals surface area contributed by atoms with Gasteiger partial charge in [0.2, 0.25) is 11.8 Å². The molecule has 3 fully saturated rings. The molecule has 0 aliphatic carbocycles. The van der Waals surface area contributed by atoms with Crippen molar-refractivity contribution in [3.8, 4) is 0 Å². The number of anilines is 1. The first-order valence-electron chi connectivity index (χ1n) is 12.9. The number of carbonyl (C=O) groups excluding carboxylic acids is 3. The van der Waals surface area contributed by atoms with E-state index in [-0.39, 0.29) is 43.3 Å². The lowest BCUT2D eigenvalue weighted by Crippen LogP contribution is -2.57. The predicted molar refractivity (Wildman–Crippen MR) is 142 cm³/mol. The van der Waals surface area contributed by atoms with Crippen LogP contribution in [-0.2, 0) is 19.1 Å². The van der Waals surface area contributed by atoms with Crippen molar-refractivity contribution >= 4 is 23.4 Å². The van der Waals surface area contributed by atoms with Gasteiger partial charge in [-0.3, -0.25) is 14.4 Å². The number of amides is 3. The number of likely N-dealkylation sites (tertiary alicyclic amines) is 1. The van der Waals surface area contributed by atoms with E-state index in [1.54, 1.807) is 29.0 Å². The van der Waals surface area contributed by atoms with Crippen LogP contribution >= 0.6 is 0 Å². The van der Waals surface area contributed by atoms with Gasteiger partial charge in [-0.15, -0.1) is 13.2 Å². The summed E-state index contributed by atoms with van der Waals surface area (Å²) in [5.41, 5.74) is 0.613. The van der Waals surface area contributed by atoms with E-state index in [4.69, 9.17) is 4.74 Å². The number of aliphatic hydroxyl groups excluding tert-OH is 1. The summed E-state index contributed by atoms with van der Waals surface area (Å²) < 4.78 is 6.75. The number of aryl methyl sites for hydroxylation is 2. The number of fused-ring (bicyclic) bond motifs is 1. The van der Waals surface area contributed by atoms with Crippen molar-refractivity contribution in [2.24, 2.45) is 17.8 Å². The van der Waals surface area contributed by atoms with Crippen LogP contribution in [0.3, 0.4) is 0 Å². The van der Waals surface area contributed by atoms with Gasteiger partial charge >= 0.3 is 0 Å². The lowest BCUT2D eigenvalue weighted by molar-refractivity contribution is -0.150. The third-order valence-electron chi connectivity index (χ3n) is 8.67. The smallest absolute Gasteiger partial charge is 0.253 e. The summed E-state index contributed by atoms with van der Waals surface area (Å²) in [6.07, 6.45) is 3.78. The number of aliphatic hydroxyl groups is 1. The SMILES string of the molecule is C=CCN(C)C(=O)[C@@H]1[C@H]2C(=O)N(CCO)C(C(=O)N(CC=C)c3cc(C)ccc3C)C23CC(C)[C@@]1(C)O3. The maximum Gasteiger partial charge on any atom is 0.253 e. The molecule has 4 rings (SSSR count). The van der Waals surface area contributed by atoms with Crippen LogP contribution in [0.5, 0.6) is 0 Å². The van der Waals surface area contributed by atoms with E-state index >= 15 is 0 Å². The molecule has 3 saturated heterocycles. The van der Waals surface area contributed by atoms with Crippen molar-refractivity contribution < 1.29 is 24.2 Å². The summed E-state index contributed by atoms with van der Waals surface area (Å²) in [5, 5.41) is 9.89. The van der Waals surface area contributed by atoms with Gasteiger partial charge in [-0.05, 0) is 50.3 Å². The number of rotatable bonds is 9. The van der Waals surface area contributed by atoms with Crippen LogP contribution in [0.25, 0.3) is 0 Å². The van der Waals surface area contributed by atoms with Gasteiger partial charge in [-0.1, -0.05) is 31.2 Å². The highest BCUT2D eigenvalue weighted by Crippen LogP contribution is 2.65. The van der Waals surface area contributed by atoms with Crippen LogP contribution in [0.4, 0.5) is 5.69 Å². The largest absolute Gasteiger partial charge is 0.395 e. The number of hydrogen-bond acceptors (Lipinski definition) is 5. The molecule has 3 aliphatic heterocycles. The fourth-order valence-corrected chi connectivity index (χ4v) is 6.86. The Bertz CT molecular complexity index is 1130. The highest BCUT2D eigenvalue weighted by Gasteiger charge is 2.80. The average molecular weight is 510 g/mol. The first-order valence-corrected chi connectivity index (χ1v) is 12.9. The standard InChI is InChI=1S/C29H39N3O5/c1-8-12-30(7)25(34)22-23-26(35)32(14-15-33)24(29(23)17-20(5)28(22,6)37-29)27(36)31(13-9-2)21-16-18(3)10-11-19(21)4/h8-11,16,20,22-24,33H,1-2,12-15,17H2,3-7H3/t20?,22-,23-,24?,28+,29?/m0/s1. The average Bonchev–Trinajstić information content (AvgIpc) is 3.36. The third kappa shape index (κ3) is 3.92. The Morgan fingerprint density at radius 1 is 1.22 bits per heavy atom. The van der Waals surface area contributed by atoms with E-state index in [2.05, 4.69) is 13.2 Å². The molecular formula is C29H39N3O5. The molecule has 0 radical (unpaired) electrons. The van der Waals surface area contributed by atoms with Crippen molar-refractivity contribution in [2.45, 2.75) is 51.4 Å². The maximum atomic E-state index is 14.5. The fraction of sp³-hybridized carbons (Fsp3) is 0.552. The van der Waals surface area contributed by atoms with E-state index in [1.807, 2.05) is 45.9 Å². The molecule has 3 unspecified atom stereocenters. The number of ether oxygens (including phenoxy) is 1. The van der Waals surface area contributed by atoms with Gasteiger partial charge in [0.05, 0.1) is 24.0 Å². The van der Waals surface area contributed by atoms with E-state index < -0.39 is 29.1 Å². The highest BCUT2D eigenvalue weighted by molar-refractivity contribution is 6.05. The minimum absolute atomic E-state index is 0.0138. The van der Waals surface area contributed by atoms with Crippen molar-refractivity contribution in [3.63, 3.8) is 0 Å². The molecule has 3 heterocycles. The minimum Gasteiger partial charge on any atom is -0.395 e. The predicted octanol–water partition coefficient (Wildman–Crippen LogP) is 2.47. The summed E-state index contributed by atoms with van der Waals surface area (Å²) >= 11 is 0. The molecule has 6 atom stereocenters. The van der Waals surface area contributed by atoms with E-state index in [1.165, 1.54) is 4.90 Å². The summed E-state index contributed by atoms with van der Waals surface area (Å²) in [5.74, 6) is -2.39. The summed E-state index contributed by atoms with van der Waals surface area (Å²) in [4.78, 5) is 46.9. The van der Waals surface area contributed by atoms with Crippen LogP contribution in [0.15, 0.2) is 43.5 Å². The summed E-state index contributed by atoms with van der Waals surface area (Å²) in [6.45, 7) is 15.7. The molecular weight excluding hydrogens is 470 g/mol. The monoisotopic (exact) mass is 509 g/mol. The number of benzene rings is 1. The number of carbonyl (C=O) groups is 3. The number of likely N-dealkylation sites (N-methyl/N-ethyl adjacent to an activating group) is 1. The molecule has 3 aliphatic rings. The van der Waals surface area contributed by atoms with Gasteiger partial charge in [-0.2, -0.15) is 0 Å². The normalized spacial score (nSPS) is 31.8. The number of nitrogens with zero attached hydrogens (tertiary/aromatic N) is 3. The fourth-order valence-electron chi connectivity index (χ4n) is 6.86. The highest BCUT2D eigenvalue weighted by atomic mass is 16.5. The Balaban J connectivity index is 1.85. The van der Waals surface area contributed by atoms with Gasteiger partial charge in [0.1, 0.15) is 11.6 Å². The van der Waals surface area contributed by atoms with Crippen molar-refractivity contribution in [1.29, 1.82) is 0 Å². The second kappa shape index (κ2) is 9.72. The third-order valence-corrected chi connectivity index (χ3v) is 8.67. The lowest BCUT2D eigenvalue weighted by atomic mass is 9.62. The molecule has 1 spiro atoms. The Hall–Kier alpha value is -2.97. The molecule has 8 nitrogen and oxygen atoms in total. The number of β-amino-alcohol motifs (C(OH)–C–C–N with tert-alkyl or cyclic N) is 1. The van der Waals surface area contributed by atoms with E-state index in [9.17, 15) is 19.5 Å². The lowest BCUT2D eigenvalue weighted by Gasteiger charge is -2.38. The van der Waals surface area contributed by atoms with Gasteiger partial charge in [-0.25, -0.2) is 0 Å². The zero-order valence-electron chi connectivity index (χ0n) is 22.6. The Morgan fingerprint density at radius 3 is 2.51 bits per heavy atom. The van der Waals surface area contributed by atoms with Crippen molar-refractivity contribution in [3.05, 3.63) is 54.6 Å². The molecule has 37 heavy (non-hydrogen) atoms. The second-order valence-electron chi connectivity index (χ2n) is 11.0. The van der Waals surface area contributed by atoms with Crippen molar-refractivity contribution in [2.75, 3.05) is 38.2 Å². The zero-order chi connectivity index (χ0) is 27.3. The Labute approximate surface area is 219 Å². The molecule has 1 aromatic rings. The van der Waals surface area contributed by atoms with E-state index in [0.29, 0.717) is 13.0 Å². The first-order chi connectivity index (χ1) is 17.5. The van der Waals surface area contributed by atoms with Crippen LogP contribution < -0.4 is 4.90 Å². The van der Waals surface area contributed by atoms with Gasteiger partial charge < -0.3 is 24.5 Å². The minimum atomic E-state index is -1.16. The molecule has 200 valence electrons. The topological polar surface area (TPSA) is 90.4 Å². The molecule has 3 amide bonds. The second-order valence-corrected chi connectivity index (χ2v) is 11.0. The Kier molecular flexibility index (Phi) is 7.12. The molecule has 2 bridgehead atoms. The van der Waals surface area contributed by atoms with Crippen LogP contribution in [0.2, 0.25) is 0 Å².